The average molecular weight is 220 g/mol. The predicted octanol–water partition coefficient (Wildman–Crippen LogP) is 1.66. The monoisotopic (exact) mass is 220 g/mol. The van der Waals surface area contributed by atoms with Gasteiger partial charge in [0.1, 0.15) is 5.75 Å². The molecule has 5 heteroatoms. The molecule has 0 atom stereocenters. The van der Waals surface area contributed by atoms with Gasteiger partial charge in [-0.15, -0.1) is 0 Å². The minimum absolute atomic E-state index is 0.276. The Bertz CT molecular complexity index is 509. The zero-order valence-corrected chi connectivity index (χ0v) is 9.35. The zero-order valence-electron chi connectivity index (χ0n) is 9.35. The molecule has 0 aliphatic heterocycles. The van der Waals surface area contributed by atoms with Crippen molar-refractivity contribution in [3.8, 4) is 17.6 Å². The third-order valence-electron chi connectivity index (χ3n) is 2.22. The predicted molar refractivity (Wildman–Crippen MR) is 59.2 cm³/mol. The fourth-order valence-electron chi connectivity index (χ4n) is 1.43. The van der Waals surface area contributed by atoms with Crippen molar-refractivity contribution in [2.24, 2.45) is 0 Å². The smallest absolute Gasteiger partial charge is 0.320 e. The molecule has 1 aromatic heterocycles. The van der Waals surface area contributed by atoms with Crippen LogP contribution in [0, 0.1) is 0 Å². The summed E-state index contributed by atoms with van der Waals surface area (Å²) in [6.45, 7) is 0. The van der Waals surface area contributed by atoms with Crippen LogP contribution in [0.15, 0.2) is 18.2 Å². The molecule has 5 nitrogen and oxygen atoms in total. The largest absolute Gasteiger partial charge is 0.497 e. The van der Waals surface area contributed by atoms with Gasteiger partial charge in [0.25, 0.3) is 0 Å². The van der Waals surface area contributed by atoms with E-state index in [4.69, 9.17) is 14.2 Å². The third kappa shape index (κ3) is 1.71. The van der Waals surface area contributed by atoms with Gasteiger partial charge in [-0.05, 0) is 12.1 Å². The molecule has 0 spiro atoms. The summed E-state index contributed by atoms with van der Waals surface area (Å²) < 4.78 is 15.3. The van der Waals surface area contributed by atoms with Crippen LogP contribution in [0.2, 0.25) is 0 Å². The molecule has 84 valence electrons. The van der Waals surface area contributed by atoms with E-state index in [9.17, 15) is 0 Å². The van der Waals surface area contributed by atoms with Gasteiger partial charge in [0.05, 0.1) is 32.2 Å². The number of methoxy groups -OCH3 is 3. The van der Waals surface area contributed by atoms with Gasteiger partial charge in [-0.3, -0.25) is 0 Å². The standard InChI is InChI=1S/C11H12N2O3/c1-14-7-4-5-8-9(6-7)12-11(16-3)13-10(8)15-2/h4-6H,1-3H3. The van der Waals surface area contributed by atoms with Gasteiger partial charge < -0.3 is 14.2 Å². The minimum Gasteiger partial charge on any atom is -0.497 e. The van der Waals surface area contributed by atoms with Gasteiger partial charge in [0.15, 0.2) is 0 Å². The molecule has 0 radical (unpaired) electrons. The number of fused-ring (bicyclic) bond motifs is 1. The molecule has 0 amide bonds. The number of ether oxygens (including phenoxy) is 3. The number of rotatable bonds is 3. The van der Waals surface area contributed by atoms with Crippen LogP contribution in [0.3, 0.4) is 0 Å². The van der Waals surface area contributed by atoms with E-state index in [1.54, 1.807) is 14.2 Å². The minimum atomic E-state index is 0.276. The highest BCUT2D eigenvalue weighted by Crippen LogP contribution is 2.27. The van der Waals surface area contributed by atoms with E-state index in [1.165, 1.54) is 7.11 Å². The molecule has 0 N–H and O–H groups in total. The molecule has 0 fully saturated rings. The van der Waals surface area contributed by atoms with Crippen molar-refractivity contribution in [3.63, 3.8) is 0 Å². The Morgan fingerprint density at radius 1 is 0.938 bits per heavy atom. The molecule has 0 bridgehead atoms. The maximum atomic E-state index is 5.17. The maximum Gasteiger partial charge on any atom is 0.320 e. The van der Waals surface area contributed by atoms with Crippen molar-refractivity contribution in [2.45, 2.75) is 0 Å². The molecular weight excluding hydrogens is 208 g/mol. The fraction of sp³-hybridized carbons (Fsp3) is 0.273. The van der Waals surface area contributed by atoms with Crippen LogP contribution in [0.5, 0.6) is 17.6 Å². The van der Waals surface area contributed by atoms with Gasteiger partial charge in [-0.25, -0.2) is 0 Å². The Morgan fingerprint density at radius 3 is 2.38 bits per heavy atom. The summed E-state index contributed by atoms with van der Waals surface area (Å²) in [5.74, 6) is 1.22. The lowest BCUT2D eigenvalue weighted by Crippen LogP contribution is -1.97. The maximum absolute atomic E-state index is 5.17. The van der Waals surface area contributed by atoms with Crippen molar-refractivity contribution in [1.82, 2.24) is 9.97 Å². The summed E-state index contributed by atoms with van der Waals surface area (Å²) in [6.07, 6.45) is 0. The number of hydrogen-bond donors (Lipinski definition) is 0. The first-order valence-electron chi connectivity index (χ1n) is 4.72. The van der Waals surface area contributed by atoms with E-state index in [2.05, 4.69) is 9.97 Å². The lowest BCUT2D eigenvalue weighted by Gasteiger charge is -2.07. The summed E-state index contributed by atoms with van der Waals surface area (Å²) >= 11 is 0. The Hall–Kier alpha value is -2.04. The summed E-state index contributed by atoms with van der Waals surface area (Å²) in [7, 11) is 4.68. The summed E-state index contributed by atoms with van der Waals surface area (Å²) in [4.78, 5) is 8.31. The van der Waals surface area contributed by atoms with Crippen LogP contribution < -0.4 is 14.2 Å². The lowest BCUT2D eigenvalue weighted by molar-refractivity contribution is 0.356. The van der Waals surface area contributed by atoms with Gasteiger partial charge in [0.2, 0.25) is 5.88 Å². The van der Waals surface area contributed by atoms with Gasteiger partial charge in [-0.1, -0.05) is 0 Å². The van der Waals surface area contributed by atoms with Crippen LogP contribution in [0.1, 0.15) is 0 Å². The van der Waals surface area contributed by atoms with E-state index in [0.717, 1.165) is 16.7 Å². The van der Waals surface area contributed by atoms with Crippen LogP contribution >= 0.6 is 0 Å². The summed E-state index contributed by atoms with van der Waals surface area (Å²) in [5, 5.41) is 0.823. The molecule has 0 unspecified atom stereocenters. The molecular formula is C11H12N2O3. The first kappa shape index (κ1) is 10.5. The first-order chi connectivity index (χ1) is 7.78. The first-order valence-corrected chi connectivity index (χ1v) is 4.72. The van der Waals surface area contributed by atoms with Crippen LogP contribution in [-0.2, 0) is 0 Å². The van der Waals surface area contributed by atoms with E-state index in [-0.39, 0.29) is 6.01 Å². The van der Waals surface area contributed by atoms with Gasteiger partial charge >= 0.3 is 6.01 Å². The molecule has 2 aromatic rings. The van der Waals surface area contributed by atoms with Crippen molar-refractivity contribution in [1.29, 1.82) is 0 Å². The average Bonchev–Trinajstić information content (AvgIpc) is 2.36. The van der Waals surface area contributed by atoms with Crippen molar-refractivity contribution in [3.05, 3.63) is 18.2 Å². The van der Waals surface area contributed by atoms with E-state index in [0.29, 0.717) is 5.88 Å². The number of hydrogen-bond acceptors (Lipinski definition) is 5. The topological polar surface area (TPSA) is 53.5 Å². The number of nitrogens with zero attached hydrogens (tertiary/aromatic N) is 2. The normalized spacial score (nSPS) is 10.2. The Kier molecular flexibility index (Phi) is 2.76. The zero-order chi connectivity index (χ0) is 11.5. The summed E-state index contributed by atoms with van der Waals surface area (Å²) in [6, 6.07) is 5.77. The van der Waals surface area contributed by atoms with Crippen LogP contribution in [0.25, 0.3) is 10.9 Å². The van der Waals surface area contributed by atoms with Crippen molar-refractivity contribution in [2.75, 3.05) is 21.3 Å². The summed E-state index contributed by atoms with van der Waals surface area (Å²) in [5.41, 5.74) is 0.725. The molecule has 0 aliphatic rings. The highest BCUT2D eigenvalue weighted by molar-refractivity contribution is 5.85. The van der Waals surface area contributed by atoms with Crippen LogP contribution in [-0.4, -0.2) is 31.3 Å². The molecule has 0 saturated heterocycles. The molecule has 0 aliphatic carbocycles. The molecule has 16 heavy (non-hydrogen) atoms. The molecule has 1 aromatic carbocycles. The molecule has 2 rings (SSSR count). The highest BCUT2D eigenvalue weighted by atomic mass is 16.5. The second kappa shape index (κ2) is 4.22. The highest BCUT2D eigenvalue weighted by Gasteiger charge is 2.08. The van der Waals surface area contributed by atoms with Crippen LogP contribution in [0.4, 0.5) is 0 Å². The van der Waals surface area contributed by atoms with Crippen molar-refractivity contribution >= 4 is 10.9 Å². The molecule has 1 heterocycles. The fourth-order valence-corrected chi connectivity index (χ4v) is 1.43. The SMILES string of the molecule is COc1ccc2c(OC)nc(OC)nc2c1. The quantitative estimate of drug-likeness (QED) is 0.787. The molecule has 0 saturated carbocycles. The number of aromatic nitrogens is 2. The second-order valence-electron chi connectivity index (χ2n) is 3.10. The van der Waals surface area contributed by atoms with E-state index < -0.39 is 0 Å². The van der Waals surface area contributed by atoms with Gasteiger partial charge in [-0.2, -0.15) is 9.97 Å². The Morgan fingerprint density at radius 2 is 1.75 bits per heavy atom. The van der Waals surface area contributed by atoms with E-state index in [1.807, 2.05) is 18.2 Å². The van der Waals surface area contributed by atoms with Crippen molar-refractivity contribution < 1.29 is 14.2 Å². The van der Waals surface area contributed by atoms with E-state index >= 15 is 0 Å². The Labute approximate surface area is 93.0 Å². The van der Waals surface area contributed by atoms with Gasteiger partial charge in [0, 0.05) is 6.07 Å². The second-order valence-corrected chi connectivity index (χ2v) is 3.10. The Balaban J connectivity index is 2.68. The lowest BCUT2D eigenvalue weighted by atomic mass is 10.2. The number of benzene rings is 1. The third-order valence-corrected chi connectivity index (χ3v) is 2.22.